The van der Waals surface area contributed by atoms with Gasteiger partial charge in [-0.25, -0.2) is 4.79 Å². The topological polar surface area (TPSA) is 74.5 Å². The molecule has 4 rings (SSSR count). The van der Waals surface area contributed by atoms with Gasteiger partial charge in [0.1, 0.15) is 0 Å². The lowest BCUT2D eigenvalue weighted by Crippen LogP contribution is -2.46. The van der Waals surface area contributed by atoms with Crippen LogP contribution in [0.2, 0.25) is 5.02 Å². The number of anilines is 1. The molecule has 0 unspecified atom stereocenters. The molecule has 2 amide bonds. The second-order valence-electron chi connectivity index (χ2n) is 6.05. The van der Waals surface area contributed by atoms with Crippen LogP contribution in [0.4, 0.5) is 10.8 Å². The minimum Gasteiger partial charge on any atom is -0.336 e. The number of carbonyl (C=O) groups is 1. The molecule has 0 radical (unpaired) electrons. The van der Waals surface area contributed by atoms with Crippen LogP contribution in [0.5, 0.6) is 0 Å². The highest BCUT2D eigenvalue weighted by Gasteiger charge is 2.31. The number of benzene rings is 1. The van der Waals surface area contributed by atoms with E-state index in [2.05, 4.69) is 20.4 Å². The van der Waals surface area contributed by atoms with Crippen LogP contribution in [-0.2, 0) is 0 Å². The van der Waals surface area contributed by atoms with Crippen LogP contribution in [0.25, 0.3) is 11.4 Å². The Bertz CT molecular complexity index is 742. The quantitative estimate of drug-likeness (QED) is 0.922. The molecule has 0 saturated carbocycles. The van der Waals surface area contributed by atoms with Crippen molar-refractivity contribution in [2.45, 2.75) is 18.9 Å². The zero-order valence-corrected chi connectivity index (χ0v) is 13.9. The summed E-state index contributed by atoms with van der Waals surface area (Å²) in [7, 11) is 0. The summed E-state index contributed by atoms with van der Waals surface area (Å²) < 4.78 is 5.41. The third-order valence-corrected chi connectivity index (χ3v) is 4.80. The van der Waals surface area contributed by atoms with E-state index in [4.69, 9.17) is 16.1 Å². The summed E-state index contributed by atoms with van der Waals surface area (Å²) in [5, 5.41) is 7.55. The molecule has 1 aromatic heterocycles. The highest BCUT2D eigenvalue weighted by molar-refractivity contribution is 6.30. The van der Waals surface area contributed by atoms with E-state index in [1.807, 2.05) is 29.2 Å². The van der Waals surface area contributed by atoms with Crippen LogP contribution >= 0.6 is 11.6 Å². The summed E-state index contributed by atoms with van der Waals surface area (Å²) in [6, 6.07) is 8.25. The van der Waals surface area contributed by atoms with Gasteiger partial charge < -0.3 is 19.6 Å². The van der Waals surface area contributed by atoms with E-state index in [1.165, 1.54) is 0 Å². The van der Waals surface area contributed by atoms with Crippen molar-refractivity contribution in [2.75, 3.05) is 31.1 Å². The molecular weight excluding hydrogens is 330 g/mol. The molecule has 0 spiro atoms. The molecule has 2 aromatic rings. The molecule has 2 aliphatic heterocycles. The van der Waals surface area contributed by atoms with Crippen LogP contribution in [0.15, 0.2) is 28.8 Å². The summed E-state index contributed by atoms with van der Waals surface area (Å²) >= 11 is 6.01. The fourth-order valence-electron chi connectivity index (χ4n) is 3.29. The third-order valence-electron chi connectivity index (χ3n) is 4.56. The Kier molecular flexibility index (Phi) is 4.02. The highest BCUT2D eigenvalue weighted by atomic mass is 35.5. The lowest BCUT2D eigenvalue weighted by molar-refractivity contribution is 0.185. The molecule has 7 nitrogen and oxygen atoms in total. The predicted molar refractivity (Wildman–Crippen MR) is 90.1 cm³/mol. The summed E-state index contributed by atoms with van der Waals surface area (Å²) in [6.45, 7) is 3.13. The van der Waals surface area contributed by atoms with Crippen LogP contribution in [-0.4, -0.2) is 53.3 Å². The van der Waals surface area contributed by atoms with Gasteiger partial charge in [0.25, 0.3) is 0 Å². The fraction of sp³-hybridized carbons (Fsp3) is 0.438. The van der Waals surface area contributed by atoms with Gasteiger partial charge in [0, 0.05) is 42.8 Å². The van der Waals surface area contributed by atoms with E-state index in [0.717, 1.165) is 44.6 Å². The number of hydrogen-bond acceptors (Lipinski definition) is 5. The monoisotopic (exact) mass is 347 g/mol. The Morgan fingerprint density at radius 3 is 2.79 bits per heavy atom. The third kappa shape index (κ3) is 2.91. The SMILES string of the molecule is O=C1NCCN1C1CCN(c2nc(-c3cccc(Cl)c3)no2)CC1. The van der Waals surface area contributed by atoms with Gasteiger partial charge in [0.05, 0.1) is 0 Å². The standard InChI is InChI=1S/C16H18ClN5O2/c17-12-3-1-2-11(10-12)14-19-16(24-20-14)21-7-4-13(5-8-21)22-9-6-18-15(22)23/h1-3,10,13H,4-9H2,(H,18,23). The zero-order valence-electron chi connectivity index (χ0n) is 13.1. The van der Waals surface area contributed by atoms with Crippen LogP contribution < -0.4 is 10.2 Å². The van der Waals surface area contributed by atoms with Crippen molar-refractivity contribution in [3.05, 3.63) is 29.3 Å². The summed E-state index contributed by atoms with van der Waals surface area (Å²) in [5.41, 5.74) is 0.834. The number of piperidine rings is 1. The van der Waals surface area contributed by atoms with Crippen molar-refractivity contribution < 1.29 is 9.32 Å². The number of carbonyl (C=O) groups excluding carboxylic acids is 1. The molecule has 2 fully saturated rings. The van der Waals surface area contributed by atoms with E-state index in [9.17, 15) is 4.79 Å². The second kappa shape index (κ2) is 6.32. The van der Waals surface area contributed by atoms with Crippen molar-refractivity contribution >= 4 is 23.6 Å². The van der Waals surface area contributed by atoms with E-state index < -0.39 is 0 Å². The van der Waals surface area contributed by atoms with Gasteiger partial charge >= 0.3 is 12.0 Å². The predicted octanol–water partition coefficient (Wildman–Crippen LogP) is 2.38. The highest BCUT2D eigenvalue weighted by Crippen LogP contribution is 2.25. The van der Waals surface area contributed by atoms with Crippen molar-refractivity contribution in [3.8, 4) is 11.4 Å². The molecule has 2 aliphatic rings. The smallest absolute Gasteiger partial charge is 0.324 e. The molecule has 2 saturated heterocycles. The molecule has 0 bridgehead atoms. The average molecular weight is 348 g/mol. The maximum atomic E-state index is 11.8. The molecule has 0 aliphatic carbocycles. The van der Waals surface area contributed by atoms with E-state index in [0.29, 0.717) is 22.9 Å². The number of rotatable bonds is 3. The van der Waals surface area contributed by atoms with E-state index >= 15 is 0 Å². The van der Waals surface area contributed by atoms with Crippen molar-refractivity contribution in [3.63, 3.8) is 0 Å². The molecule has 1 aromatic carbocycles. The van der Waals surface area contributed by atoms with E-state index in [-0.39, 0.29) is 6.03 Å². The number of amides is 2. The number of urea groups is 1. The number of halogens is 1. The number of hydrogen-bond donors (Lipinski definition) is 1. The second-order valence-corrected chi connectivity index (χ2v) is 6.49. The van der Waals surface area contributed by atoms with Gasteiger partial charge in [0.2, 0.25) is 5.82 Å². The zero-order chi connectivity index (χ0) is 16.5. The van der Waals surface area contributed by atoms with Gasteiger partial charge in [-0.1, -0.05) is 28.9 Å². The van der Waals surface area contributed by atoms with Crippen molar-refractivity contribution in [1.29, 1.82) is 0 Å². The first-order chi connectivity index (χ1) is 11.7. The molecule has 8 heteroatoms. The molecule has 0 atom stereocenters. The Morgan fingerprint density at radius 1 is 1.25 bits per heavy atom. The molecule has 24 heavy (non-hydrogen) atoms. The van der Waals surface area contributed by atoms with E-state index in [1.54, 1.807) is 0 Å². The molecule has 126 valence electrons. The van der Waals surface area contributed by atoms with Crippen LogP contribution in [0.3, 0.4) is 0 Å². The fourth-order valence-corrected chi connectivity index (χ4v) is 3.48. The summed E-state index contributed by atoms with van der Waals surface area (Å²) in [6.07, 6.45) is 1.81. The maximum absolute atomic E-state index is 11.8. The van der Waals surface area contributed by atoms with Crippen molar-refractivity contribution in [1.82, 2.24) is 20.4 Å². The first kappa shape index (κ1) is 15.3. The average Bonchev–Trinajstić information content (AvgIpc) is 3.24. The minimum absolute atomic E-state index is 0.0504. The molecule has 3 heterocycles. The first-order valence-electron chi connectivity index (χ1n) is 8.10. The number of nitrogens with one attached hydrogen (secondary N) is 1. The van der Waals surface area contributed by atoms with Crippen LogP contribution in [0.1, 0.15) is 12.8 Å². The maximum Gasteiger partial charge on any atom is 0.324 e. The minimum atomic E-state index is 0.0504. The molecular formula is C16H18ClN5O2. The Balaban J connectivity index is 1.42. The lowest BCUT2D eigenvalue weighted by atomic mass is 10.0. The Hall–Kier alpha value is -2.28. The van der Waals surface area contributed by atoms with Gasteiger partial charge in [0.15, 0.2) is 0 Å². The first-order valence-corrected chi connectivity index (χ1v) is 8.47. The van der Waals surface area contributed by atoms with Gasteiger partial charge in [-0.3, -0.25) is 0 Å². The number of nitrogens with zero attached hydrogens (tertiary/aromatic N) is 4. The normalized spacial score (nSPS) is 19.0. The van der Waals surface area contributed by atoms with Crippen LogP contribution in [0, 0.1) is 0 Å². The summed E-state index contributed by atoms with van der Waals surface area (Å²) in [5.74, 6) is 0.536. The van der Waals surface area contributed by atoms with Gasteiger partial charge in [-0.2, -0.15) is 4.98 Å². The largest absolute Gasteiger partial charge is 0.336 e. The van der Waals surface area contributed by atoms with Gasteiger partial charge in [-0.15, -0.1) is 0 Å². The van der Waals surface area contributed by atoms with Gasteiger partial charge in [-0.05, 0) is 25.0 Å². The number of aromatic nitrogens is 2. The lowest BCUT2D eigenvalue weighted by Gasteiger charge is -2.35. The Labute approximate surface area is 144 Å². The molecule has 1 N–H and O–H groups in total. The Morgan fingerprint density at radius 2 is 2.08 bits per heavy atom. The van der Waals surface area contributed by atoms with Crippen molar-refractivity contribution in [2.24, 2.45) is 0 Å². The summed E-state index contributed by atoms with van der Waals surface area (Å²) in [4.78, 5) is 20.2.